The van der Waals surface area contributed by atoms with E-state index in [1.54, 1.807) is 40.2 Å². The molecule has 0 radical (unpaired) electrons. The van der Waals surface area contributed by atoms with Gasteiger partial charge in [0.25, 0.3) is 5.56 Å². The number of hydrogen-bond donors (Lipinski definition) is 1. The zero-order valence-electron chi connectivity index (χ0n) is 19.9. The van der Waals surface area contributed by atoms with E-state index >= 15 is 0 Å². The molecular weight excluding hydrogens is 566 g/mol. The maximum Gasteiger partial charge on any atom is 0.267 e. The molecule has 0 aliphatic carbocycles. The molecule has 0 fully saturated rings. The lowest BCUT2D eigenvalue weighted by atomic mass is 10.1. The van der Waals surface area contributed by atoms with E-state index in [0.29, 0.717) is 26.1 Å². The van der Waals surface area contributed by atoms with E-state index in [4.69, 9.17) is 16.6 Å². The summed E-state index contributed by atoms with van der Waals surface area (Å²) in [6.07, 6.45) is 1.90. The number of anilines is 1. The van der Waals surface area contributed by atoms with E-state index in [2.05, 4.69) is 28.2 Å². The van der Waals surface area contributed by atoms with Crippen LogP contribution in [-0.4, -0.2) is 21.2 Å². The summed E-state index contributed by atoms with van der Waals surface area (Å²) >= 11 is 12.4. The number of fused-ring (bicyclic) bond motifs is 1. The molecule has 0 saturated carbocycles. The predicted octanol–water partition coefficient (Wildman–Crippen LogP) is 7.47. The number of thioether (sulfide) groups is 1. The third kappa shape index (κ3) is 5.50. The Hall–Kier alpha value is -2.13. The first-order chi connectivity index (χ1) is 16.7. The second kappa shape index (κ2) is 10.9. The van der Waals surface area contributed by atoms with Crippen LogP contribution in [0.5, 0.6) is 0 Å². The molecule has 2 aromatic heterocycles. The Labute approximate surface area is 226 Å². The van der Waals surface area contributed by atoms with Gasteiger partial charge in [0.05, 0.1) is 16.8 Å². The second-order valence-corrected chi connectivity index (χ2v) is 11.7. The van der Waals surface area contributed by atoms with E-state index in [9.17, 15) is 9.59 Å². The van der Waals surface area contributed by atoms with Gasteiger partial charge in [-0.3, -0.25) is 14.2 Å². The fraction of sp³-hybridized carbons (Fsp3) is 0.269. The molecule has 2 aromatic carbocycles. The summed E-state index contributed by atoms with van der Waals surface area (Å²) in [6, 6.07) is 11.0. The number of halogens is 2. The highest BCUT2D eigenvalue weighted by Crippen LogP contribution is 2.31. The van der Waals surface area contributed by atoms with Gasteiger partial charge in [-0.1, -0.05) is 52.6 Å². The number of thiophene rings is 1. The smallest absolute Gasteiger partial charge is 0.267 e. The number of carbonyl (C=O) groups excluding carboxylic acids is 1. The van der Waals surface area contributed by atoms with E-state index < -0.39 is 0 Å². The minimum Gasteiger partial charge on any atom is -0.325 e. The lowest BCUT2D eigenvalue weighted by Gasteiger charge is -2.14. The number of hydrogen-bond acceptors (Lipinski definition) is 5. The van der Waals surface area contributed by atoms with Gasteiger partial charge in [-0.05, 0) is 80.3 Å². The lowest BCUT2D eigenvalue weighted by molar-refractivity contribution is -0.113. The molecule has 0 unspecified atom stereocenters. The van der Waals surface area contributed by atoms with Gasteiger partial charge < -0.3 is 5.32 Å². The highest BCUT2D eigenvalue weighted by Gasteiger charge is 2.20. The fourth-order valence-electron chi connectivity index (χ4n) is 4.00. The van der Waals surface area contributed by atoms with Crippen molar-refractivity contribution >= 4 is 72.4 Å². The highest BCUT2D eigenvalue weighted by molar-refractivity contribution is 9.10. The average molecular weight is 591 g/mol. The van der Waals surface area contributed by atoms with Crippen LogP contribution in [0, 0.1) is 20.8 Å². The van der Waals surface area contributed by atoms with E-state index in [1.807, 2.05) is 32.9 Å². The Morgan fingerprint density at radius 2 is 1.83 bits per heavy atom. The van der Waals surface area contributed by atoms with Gasteiger partial charge >= 0.3 is 0 Å². The molecule has 4 rings (SSSR count). The maximum atomic E-state index is 13.7. The Bertz CT molecular complexity index is 1460. The van der Waals surface area contributed by atoms with Crippen molar-refractivity contribution in [3.63, 3.8) is 0 Å². The second-order valence-electron chi connectivity index (χ2n) is 8.34. The van der Waals surface area contributed by atoms with Crippen LogP contribution in [0.3, 0.4) is 0 Å². The summed E-state index contributed by atoms with van der Waals surface area (Å²) < 4.78 is 2.56. The monoisotopic (exact) mass is 589 g/mol. The zero-order chi connectivity index (χ0) is 25.3. The van der Waals surface area contributed by atoms with E-state index in [1.165, 1.54) is 16.6 Å². The van der Waals surface area contributed by atoms with Crippen LogP contribution < -0.4 is 10.9 Å². The molecule has 1 amide bonds. The summed E-state index contributed by atoms with van der Waals surface area (Å²) in [6.45, 7) is 8.03. The van der Waals surface area contributed by atoms with Gasteiger partial charge in [0.1, 0.15) is 4.83 Å². The van der Waals surface area contributed by atoms with Crippen molar-refractivity contribution in [2.45, 2.75) is 45.7 Å². The highest BCUT2D eigenvalue weighted by atomic mass is 79.9. The number of benzene rings is 2. The van der Waals surface area contributed by atoms with Crippen LogP contribution in [0.25, 0.3) is 15.9 Å². The van der Waals surface area contributed by atoms with Gasteiger partial charge in [-0.25, -0.2) is 4.98 Å². The molecule has 0 bridgehead atoms. The fourth-order valence-corrected chi connectivity index (χ4v) is 6.95. The molecule has 0 saturated heterocycles. The third-order valence-corrected chi connectivity index (χ3v) is 8.58. The van der Waals surface area contributed by atoms with Crippen molar-refractivity contribution in [3.8, 4) is 5.69 Å². The molecule has 0 spiro atoms. The molecule has 0 atom stereocenters. The van der Waals surface area contributed by atoms with Gasteiger partial charge in [-0.2, -0.15) is 0 Å². The van der Waals surface area contributed by atoms with Crippen LogP contribution in [0.4, 0.5) is 5.69 Å². The number of rotatable bonds is 7. The van der Waals surface area contributed by atoms with Crippen LogP contribution in [0.15, 0.2) is 50.8 Å². The molecule has 1 N–H and O–H groups in total. The number of amides is 1. The number of carbonyl (C=O) groups is 1. The summed E-state index contributed by atoms with van der Waals surface area (Å²) in [5.41, 5.74) is 4.28. The van der Waals surface area contributed by atoms with E-state index in [0.717, 1.165) is 39.7 Å². The van der Waals surface area contributed by atoms with Crippen LogP contribution in [-0.2, 0) is 11.2 Å². The van der Waals surface area contributed by atoms with Crippen LogP contribution >= 0.6 is 50.6 Å². The molecule has 4 aromatic rings. The number of nitrogens with zero attached hydrogens (tertiary/aromatic N) is 2. The molecule has 2 heterocycles. The quantitative estimate of drug-likeness (QED) is 0.179. The summed E-state index contributed by atoms with van der Waals surface area (Å²) in [4.78, 5) is 33.3. The van der Waals surface area contributed by atoms with Gasteiger partial charge in [0, 0.05) is 20.1 Å². The van der Waals surface area contributed by atoms with Crippen molar-refractivity contribution in [1.29, 1.82) is 0 Å². The normalized spacial score (nSPS) is 11.3. The molecule has 0 aliphatic heterocycles. The largest absolute Gasteiger partial charge is 0.325 e. The Morgan fingerprint density at radius 3 is 2.46 bits per heavy atom. The molecule has 0 aliphatic rings. The van der Waals surface area contributed by atoms with Gasteiger partial charge in [-0.15, -0.1) is 11.3 Å². The molecule has 182 valence electrons. The number of nitrogens with one attached hydrogen (secondary N) is 1. The summed E-state index contributed by atoms with van der Waals surface area (Å²) in [7, 11) is 0. The average Bonchev–Trinajstić information content (AvgIpc) is 3.11. The van der Waals surface area contributed by atoms with Crippen molar-refractivity contribution in [3.05, 3.63) is 77.8 Å². The molecule has 35 heavy (non-hydrogen) atoms. The zero-order valence-corrected chi connectivity index (χ0v) is 23.8. The number of aromatic nitrogens is 2. The van der Waals surface area contributed by atoms with Crippen LogP contribution in [0.1, 0.15) is 34.9 Å². The van der Waals surface area contributed by atoms with Crippen LogP contribution in [0.2, 0.25) is 5.02 Å². The molecule has 5 nitrogen and oxygen atoms in total. The van der Waals surface area contributed by atoms with Crippen molar-refractivity contribution in [1.82, 2.24) is 9.55 Å². The lowest BCUT2D eigenvalue weighted by Crippen LogP contribution is -2.23. The topological polar surface area (TPSA) is 64.0 Å². The molecular formula is C26H25BrClN3O2S2. The Kier molecular flexibility index (Phi) is 8.06. The van der Waals surface area contributed by atoms with Gasteiger partial charge in [0.2, 0.25) is 5.91 Å². The van der Waals surface area contributed by atoms with Crippen molar-refractivity contribution in [2.24, 2.45) is 0 Å². The SMILES string of the molecule is CCCc1sc2nc(SCC(=O)Nc3c(C)cc(Br)cc3C)n(-c3ccc(Cl)cc3)c(=O)c2c1C. The first-order valence-corrected chi connectivity index (χ1v) is 14.2. The third-order valence-electron chi connectivity index (χ3n) is 5.69. The summed E-state index contributed by atoms with van der Waals surface area (Å²) in [5.74, 6) is -0.0401. The minimum atomic E-state index is -0.158. The summed E-state index contributed by atoms with van der Waals surface area (Å²) in [5, 5.41) is 4.72. The van der Waals surface area contributed by atoms with Crippen molar-refractivity contribution in [2.75, 3.05) is 11.1 Å². The van der Waals surface area contributed by atoms with Gasteiger partial charge in [0.15, 0.2) is 5.16 Å². The standard InChI is InChI=1S/C26H25BrClN3O2S2/c1-5-6-20-16(4)22-24(35-20)30-26(31(25(22)33)19-9-7-18(28)8-10-19)34-13-21(32)29-23-14(2)11-17(27)12-15(23)3/h7-12H,5-6,13H2,1-4H3,(H,29,32). The van der Waals surface area contributed by atoms with Crippen molar-refractivity contribution < 1.29 is 4.79 Å². The predicted molar refractivity (Wildman–Crippen MR) is 152 cm³/mol. The van der Waals surface area contributed by atoms with E-state index in [-0.39, 0.29) is 17.2 Å². The number of aryl methyl sites for hydroxylation is 4. The minimum absolute atomic E-state index is 0.118. The first kappa shape index (κ1) is 25.9. The Morgan fingerprint density at radius 1 is 1.17 bits per heavy atom. The maximum absolute atomic E-state index is 13.7. The Balaban J connectivity index is 1.72. The molecule has 9 heteroatoms. The first-order valence-electron chi connectivity index (χ1n) is 11.2.